The fraction of sp³-hybridized carbons (Fsp3) is 0.500. The van der Waals surface area contributed by atoms with Crippen LogP contribution in [-0.4, -0.2) is 69.1 Å². The predicted octanol–water partition coefficient (Wildman–Crippen LogP) is 0.619. The molecule has 0 saturated carbocycles. The first-order valence-electron chi connectivity index (χ1n) is 6.51. The van der Waals surface area contributed by atoms with Crippen LogP contribution < -0.4 is 0 Å². The van der Waals surface area contributed by atoms with Crippen molar-refractivity contribution in [2.24, 2.45) is 0 Å². The monoisotopic (exact) mass is 402 g/mol. The van der Waals surface area contributed by atoms with Gasteiger partial charge in [-0.1, -0.05) is 23.2 Å². The highest BCUT2D eigenvalue weighted by molar-refractivity contribution is 7.92. The Kier molecular flexibility index (Phi) is 5.32. The Hall–Kier alpha value is -0.420. The van der Waals surface area contributed by atoms with Gasteiger partial charge in [0, 0.05) is 14.1 Å². The van der Waals surface area contributed by atoms with Crippen molar-refractivity contribution in [3.05, 3.63) is 28.2 Å². The van der Waals surface area contributed by atoms with E-state index in [2.05, 4.69) is 0 Å². The Morgan fingerprint density at radius 1 is 1.17 bits per heavy atom. The molecule has 0 aliphatic carbocycles. The molecule has 1 N–H and O–H groups in total. The highest BCUT2D eigenvalue weighted by Gasteiger charge is 2.46. The number of benzene rings is 1. The lowest BCUT2D eigenvalue weighted by Crippen LogP contribution is -2.53. The van der Waals surface area contributed by atoms with Crippen LogP contribution in [0.3, 0.4) is 0 Å². The first-order chi connectivity index (χ1) is 10.5. The summed E-state index contributed by atoms with van der Waals surface area (Å²) in [6.07, 6.45) is -1.31. The Labute approximate surface area is 145 Å². The molecule has 0 amide bonds. The number of rotatable bonds is 4. The first-order valence-corrected chi connectivity index (χ1v) is 10.5. The third kappa shape index (κ3) is 3.81. The minimum atomic E-state index is -4.11. The average Bonchev–Trinajstić information content (AvgIpc) is 2.65. The van der Waals surface area contributed by atoms with Gasteiger partial charge in [0.15, 0.2) is 9.84 Å². The van der Waals surface area contributed by atoms with Gasteiger partial charge >= 0.3 is 0 Å². The van der Waals surface area contributed by atoms with Gasteiger partial charge in [-0.25, -0.2) is 21.8 Å². The molecule has 1 saturated heterocycles. The van der Waals surface area contributed by atoms with Crippen LogP contribution in [0.25, 0.3) is 0 Å². The van der Waals surface area contributed by atoms with Crippen LogP contribution in [0.15, 0.2) is 23.1 Å². The van der Waals surface area contributed by atoms with Crippen molar-refractivity contribution >= 4 is 43.1 Å². The van der Waals surface area contributed by atoms with Gasteiger partial charge in [0.1, 0.15) is 0 Å². The van der Waals surface area contributed by atoms with Crippen molar-refractivity contribution in [2.45, 2.75) is 17.0 Å². The summed E-state index contributed by atoms with van der Waals surface area (Å²) in [4.78, 5) is -0.142. The zero-order valence-corrected chi connectivity index (χ0v) is 15.5. The molecule has 0 unspecified atom stereocenters. The number of sulfone groups is 1. The fourth-order valence-corrected chi connectivity index (χ4v) is 6.40. The van der Waals surface area contributed by atoms with E-state index in [1.165, 1.54) is 37.3 Å². The van der Waals surface area contributed by atoms with Crippen LogP contribution >= 0.6 is 23.2 Å². The summed E-state index contributed by atoms with van der Waals surface area (Å²) < 4.78 is 50.0. The summed E-state index contributed by atoms with van der Waals surface area (Å²) in [5, 5.41) is 11.5. The lowest BCUT2D eigenvalue weighted by atomic mass is 10.2. The molecular weight excluding hydrogens is 387 g/mol. The number of hydrogen-bond donors (Lipinski definition) is 1. The molecule has 1 aliphatic heterocycles. The Morgan fingerprint density at radius 2 is 1.78 bits per heavy atom. The highest BCUT2D eigenvalue weighted by atomic mass is 35.5. The van der Waals surface area contributed by atoms with E-state index in [1.54, 1.807) is 0 Å². The van der Waals surface area contributed by atoms with Gasteiger partial charge < -0.3 is 5.11 Å². The predicted molar refractivity (Wildman–Crippen MR) is 87.6 cm³/mol. The number of halogens is 2. The Balaban J connectivity index is 2.50. The van der Waals surface area contributed by atoms with E-state index in [9.17, 15) is 21.9 Å². The summed E-state index contributed by atoms with van der Waals surface area (Å²) in [5.74, 6) is -0.925. The maximum atomic E-state index is 12.9. The molecule has 0 aromatic heterocycles. The molecule has 1 aromatic carbocycles. The quantitative estimate of drug-likeness (QED) is 0.741. The van der Waals surface area contributed by atoms with Crippen LogP contribution in [0, 0.1) is 0 Å². The second kappa shape index (κ2) is 6.47. The van der Waals surface area contributed by atoms with Gasteiger partial charge in [-0.2, -0.15) is 0 Å². The summed E-state index contributed by atoms with van der Waals surface area (Å²) in [5.41, 5.74) is 0. The minimum absolute atomic E-state index is 0.0611. The van der Waals surface area contributed by atoms with Crippen molar-refractivity contribution in [1.29, 1.82) is 0 Å². The zero-order valence-electron chi connectivity index (χ0n) is 12.3. The number of aliphatic hydroxyl groups is 1. The minimum Gasteiger partial charge on any atom is -0.390 e. The largest absolute Gasteiger partial charge is 0.390 e. The van der Waals surface area contributed by atoms with Crippen LogP contribution in [0.5, 0.6) is 0 Å². The van der Waals surface area contributed by atoms with E-state index in [0.29, 0.717) is 0 Å². The molecular formula is C12H16Cl2N2O5S2. The summed E-state index contributed by atoms with van der Waals surface area (Å²) in [6.45, 7) is 0. The number of sulfonamides is 1. The topological polar surface area (TPSA) is 95.0 Å². The lowest BCUT2D eigenvalue weighted by Gasteiger charge is -2.34. The molecule has 2 rings (SSSR count). The van der Waals surface area contributed by atoms with E-state index in [4.69, 9.17) is 23.2 Å². The van der Waals surface area contributed by atoms with Crippen molar-refractivity contribution < 1.29 is 21.9 Å². The van der Waals surface area contributed by atoms with Crippen molar-refractivity contribution in [3.8, 4) is 0 Å². The summed E-state index contributed by atoms with van der Waals surface area (Å²) in [7, 11) is -4.72. The number of hydrazine groups is 1. The maximum absolute atomic E-state index is 12.9. The second-order valence-corrected chi connectivity index (χ2v) is 10.2. The third-order valence-corrected chi connectivity index (χ3v) is 7.78. The van der Waals surface area contributed by atoms with E-state index in [1.807, 2.05) is 0 Å². The molecule has 1 aromatic rings. The molecule has 2 atom stereocenters. The Bertz CT molecular complexity index is 811. The Morgan fingerprint density at radius 3 is 2.22 bits per heavy atom. The smallest absolute Gasteiger partial charge is 0.256 e. The summed E-state index contributed by atoms with van der Waals surface area (Å²) >= 11 is 11.7. The second-order valence-electron chi connectivity index (χ2n) is 5.41. The lowest BCUT2D eigenvalue weighted by molar-refractivity contribution is 0.0272. The van der Waals surface area contributed by atoms with E-state index >= 15 is 0 Å². The zero-order chi connectivity index (χ0) is 17.6. The van der Waals surface area contributed by atoms with Crippen molar-refractivity contribution in [3.63, 3.8) is 0 Å². The molecule has 1 fully saturated rings. The average molecular weight is 403 g/mol. The normalized spacial score (nSPS) is 24.5. The van der Waals surface area contributed by atoms with Crippen molar-refractivity contribution in [2.75, 3.05) is 25.6 Å². The van der Waals surface area contributed by atoms with Gasteiger partial charge in [0.2, 0.25) is 0 Å². The van der Waals surface area contributed by atoms with Crippen LogP contribution in [0.1, 0.15) is 0 Å². The molecule has 23 heavy (non-hydrogen) atoms. The molecule has 11 heteroatoms. The first kappa shape index (κ1) is 18.9. The van der Waals surface area contributed by atoms with Crippen LogP contribution in [0.4, 0.5) is 0 Å². The molecule has 1 aliphatic rings. The molecule has 7 nitrogen and oxygen atoms in total. The highest BCUT2D eigenvalue weighted by Crippen LogP contribution is 2.30. The number of aliphatic hydroxyl groups excluding tert-OH is 1. The number of hydrogen-bond acceptors (Lipinski definition) is 6. The fourth-order valence-electron chi connectivity index (χ4n) is 2.46. The molecule has 0 spiro atoms. The van der Waals surface area contributed by atoms with Gasteiger partial charge in [-0.15, -0.1) is 4.41 Å². The third-order valence-electron chi connectivity index (χ3n) is 3.41. The van der Waals surface area contributed by atoms with Gasteiger partial charge in [-0.05, 0) is 18.2 Å². The standard InChI is InChI=1S/C12H16Cl2N2O5S2/c1-15(2)16(11-6-22(18,19)7-12(11)17)23(20,21)8-3-4-9(13)10(14)5-8/h3-5,11-12,17H,6-7H2,1-2H3/t11-,12+/m0/s1. The van der Waals surface area contributed by atoms with E-state index < -0.39 is 43.5 Å². The molecule has 130 valence electrons. The molecule has 0 radical (unpaired) electrons. The maximum Gasteiger partial charge on any atom is 0.256 e. The summed E-state index contributed by atoms with van der Waals surface area (Å²) in [6, 6.07) is 2.70. The van der Waals surface area contributed by atoms with E-state index in [-0.39, 0.29) is 14.9 Å². The molecule has 1 heterocycles. The van der Waals surface area contributed by atoms with Crippen LogP contribution in [-0.2, 0) is 19.9 Å². The number of nitrogens with zero attached hydrogens (tertiary/aromatic N) is 2. The van der Waals surface area contributed by atoms with Gasteiger partial charge in [0.25, 0.3) is 10.0 Å². The van der Waals surface area contributed by atoms with Crippen molar-refractivity contribution in [1.82, 2.24) is 9.42 Å². The van der Waals surface area contributed by atoms with Gasteiger partial charge in [-0.3, -0.25) is 0 Å². The van der Waals surface area contributed by atoms with Crippen LogP contribution in [0.2, 0.25) is 10.0 Å². The SMILES string of the molecule is CN(C)N([C@H]1CS(=O)(=O)C[C@H]1O)S(=O)(=O)c1ccc(Cl)c(Cl)c1. The van der Waals surface area contributed by atoms with E-state index in [0.717, 1.165) is 4.41 Å². The molecule has 0 bridgehead atoms. The van der Waals surface area contributed by atoms with Gasteiger partial charge in [0.05, 0.1) is 38.6 Å².